The van der Waals surface area contributed by atoms with Gasteiger partial charge < -0.3 is 9.72 Å². The minimum Gasteiger partial charge on any atom is -0.496 e. The normalized spacial score (nSPS) is 15.2. The van der Waals surface area contributed by atoms with Crippen molar-refractivity contribution in [1.29, 1.82) is 0 Å². The lowest BCUT2D eigenvalue weighted by Crippen LogP contribution is -2.27. The van der Waals surface area contributed by atoms with Gasteiger partial charge in [0, 0.05) is 40.1 Å². The van der Waals surface area contributed by atoms with E-state index in [4.69, 9.17) is 16.3 Å². The molecular formula is C20H19ClN2O4S. The van der Waals surface area contributed by atoms with Gasteiger partial charge in [0.2, 0.25) is 10.0 Å². The number of halogens is 1. The molecule has 1 aromatic heterocycles. The highest BCUT2D eigenvalue weighted by Crippen LogP contribution is 2.37. The zero-order valence-corrected chi connectivity index (χ0v) is 16.8. The summed E-state index contributed by atoms with van der Waals surface area (Å²) >= 11 is 6.13. The lowest BCUT2D eigenvalue weighted by Gasteiger charge is -2.15. The quantitative estimate of drug-likeness (QED) is 0.633. The van der Waals surface area contributed by atoms with E-state index in [-0.39, 0.29) is 4.90 Å². The van der Waals surface area contributed by atoms with Gasteiger partial charge in [0.05, 0.1) is 17.7 Å². The van der Waals surface area contributed by atoms with Gasteiger partial charge in [-0.3, -0.25) is 4.79 Å². The topological polar surface area (TPSA) is 79.5 Å². The summed E-state index contributed by atoms with van der Waals surface area (Å²) in [5.41, 5.74) is 2.21. The molecule has 0 spiro atoms. The summed E-state index contributed by atoms with van der Waals surface area (Å²) in [5.74, 6) is 0.559. The summed E-state index contributed by atoms with van der Waals surface area (Å²) in [6, 6.07) is 9.95. The third-order valence-corrected chi connectivity index (χ3v) is 7.19. The molecule has 2 aromatic carbocycles. The maximum atomic E-state index is 12.9. The number of ether oxygens (including phenoxy) is 1. The minimum atomic E-state index is -3.57. The first-order valence-corrected chi connectivity index (χ1v) is 10.7. The Morgan fingerprint density at radius 3 is 2.57 bits per heavy atom. The molecular weight excluding hydrogens is 400 g/mol. The van der Waals surface area contributed by atoms with Gasteiger partial charge >= 0.3 is 0 Å². The Hall–Kier alpha value is -2.35. The summed E-state index contributed by atoms with van der Waals surface area (Å²) in [7, 11) is -2.03. The van der Waals surface area contributed by atoms with E-state index in [0.717, 1.165) is 19.1 Å². The molecule has 1 aliphatic rings. The maximum Gasteiger partial charge on any atom is 0.243 e. The molecule has 1 aliphatic heterocycles. The van der Waals surface area contributed by atoms with Crippen LogP contribution in [0.1, 0.15) is 23.2 Å². The second-order valence-corrected chi connectivity index (χ2v) is 9.07. The average Bonchev–Trinajstić information content (AvgIpc) is 3.35. The number of hydrogen-bond acceptors (Lipinski definition) is 4. The lowest BCUT2D eigenvalue weighted by atomic mass is 10.1. The van der Waals surface area contributed by atoms with Crippen molar-refractivity contribution in [2.45, 2.75) is 17.7 Å². The Labute approximate surface area is 168 Å². The number of aldehydes is 1. The minimum absolute atomic E-state index is 0.189. The Morgan fingerprint density at radius 1 is 1.14 bits per heavy atom. The first-order chi connectivity index (χ1) is 13.5. The fraction of sp³-hybridized carbons (Fsp3) is 0.250. The number of aromatic amines is 1. The van der Waals surface area contributed by atoms with Crippen molar-refractivity contribution in [2.24, 2.45) is 0 Å². The number of carbonyl (C=O) groups excluding carboxylic acids is 1. The average molecular weight is 419 g/mol. The number of benzene rings is 2. The smallest absolute Gasteiger partial charge is 0.243 e. The summed E-state index contributed by atoms with van der Waals surface area (Å²) in [4.78, 5) is 15.3. The van der Waals surface area contributed by atoms with Gasteiger partial charge in [-0.05, 0) is 49.2 Å². The van der Waals surface area contributed by atoms with Gasteiger partial charge in [0.15, 0.2) is 6.29 Å². The van der Waals surface area contributed by atoms with Gasteiger partial charge in [0.25, 0.3) is 0 Å². The number of carbonyl (C=O) groups is 1. The van der Waals surface area contributed by atoms with Crippen molar-refractivity contribution >= 4 is 38.8 Å². The lowest BCUT2D eigenvalue weighted by molar-refractivity contribution is 0.112. The standard InChI is InChI=1S/C20H19ClN2O4S/c1-27-19-7-4-13(21)10-16(19)20-17(12-24)15-11-14(5-6-18(15)22-20)28(25,26)23-8-2-3-9-23/h4-7,10-12,22H,2-3,8-9H2,1H3. The second-order valence-electron chi connectivity index (χ2n) is 6.69. The molecule has 146 valence electrons. The molecule has 4 rings (SSSR count). The predicted octanol–water partition coefficient (Wildman–Crippen LogP) is 4.09. The van der Waals surface area contributed by atoms with Crippen molar-refractivity contribution in [3.63, 3.8) is 0 Å². The van der Waals surface area contributed by atoms with Crippen LogP contribution < -0.4 is 4.74 Å². The molecule has 2 heterocycles. The zero-order valence-electron chi connectivity index (χ0n) is 15.2. The van der Waals surface area contributed by atoms with Crippen molar-refractivity contribution in [2.75, 3.05) is 20.2 Å². The zero-order chi connectivity index (χ0) is 19.9. The summed E-state index contributed by atoms with van der Waals surface area (Å²) in [6.45, 7) is 1.05. The number of nitrogens with zero attached hydrogens (tertiary/aromatic N) is 1. The van der Waals surface area contributed by atoms with E-state index in [1.165, 1.54) is 11.4 Å². The summed E-state index contributed by atoms with van der Waals surface area (Å²) in [5, 5.41) is 1.05. The van der Waals surface area contributed by atoms with Crippen molar-refractivity contribution in [1.82, 2.24) is 9.29 Å². The van der Waals surface area contributed by atoms with Crippen LogP contribution in [0.5, 0.6) is 5.75 Å². The number of rotatable bonds is 5. The van der Waals surface area contributed by atoms with E-state index in [1.807, 2.05) is 0 Å². The molecule has 1 saturated heterocycles. The summed E-state index contributed by atoms with van der Waals surface area (Å²) < 4.78 is 32.7. The molecule has 0 atom stereocenters. The van der Waals surface area contributed by atoms with Gasteiger partial charge in [-0.2, -0.15) is 4.31 Å². The van der Waals surface area contributed by atoms with Crippen LogP contribution in [0.25, 0.3) is 22.2 Å². The highest BCUT2D eigenvalue weighted by Gasteiger charge is 2.28. The van der Waals surface area contributed by atoms with Crippen LogP contribution in [0, 0.1) is 0 Å². The molecule has 0 radical (unpaired) electrons. The van der Waals surface area contributed by atoms with Crippen LogP contribution in [0.3, 0.4) is 0 Å². The van der Waals surface area contributed by atoms with Crippen LogP contribution in [0.15, 0.2) is 41.3 Å². The molecule has 0 unspecified atom stereocenters. The van der Waals surface area contributed by atoms with Crippen LogP contribution >= 0.6 is 11.6 Å². The number of aromatic nitrogens is 1. The molecule has 3 aromatic rings. The van der Waals surface area contributed by atoms with Crippen LogP contribution in [-0.2, 0) is 10.0 Å². The van der Waals surface area contributed by atoms with Gasteiger partial charge in [0.1, 0.15) is 5.75 Å². The third-order valence-electron chi connectivity index (χ3n) is 5.06. The maximum absolute atomic E-state index is 12.9. The highest BCUT2D eigenvalue weighted by molar-refractivity contribution is 7.89. The van der Waals surface area contributed by atoms with E-state index in [0.29, 0.717) is 51.6 Å². The Kier molecular flexibility index (Phi) is 4.91. The van der Waals surface area contributed by atoms with Gasteiger partial charge in [-0.15, -0.1) is 0 Å². The molecule has 8 heteroatoms. The molecule has 6 nitrogen and oxygen atoms in total. The van der Waals surface area contributed by atoms with E-state index in [1.54, 1.807) is 36.4 Å². The number of H-pyrrole nitrogens is 1. The second kappa shape index (κ2) is 7.24. The third kappa shape index (κ3) is 3.09. The predicted molar refractivity (Wildman–Crippen MR) is 109 cm³/mol. The van der Waals surface area contributed by atoms with E-state index in [2.05, 4.69) is 4.98 Å². The van der Waals surface area contributed by atoms with Crippen molar-refractivity contribution in [3.8, 4) is 17.0 Å². The highest BCUT2D eigenvalue weighted by atomic mass is 35.5. The molecule has 28 heavy (non-hydrogen) atoms. The molecule has 0 amide bonds. The monoisotopic (exact) mass is 418 g/mol. The van der Waals surface area contributed by atoms with Gasteiger partial charge in [-0.1, -0.05) is 11.6 Å². The first-order valence-electron chi connectivity index (χ1n) is 8.90. The van der Waals surface area contributed by atoms with E-state index in [9.17, 15) is 13.2 Å². The number of hydrogen-bond donors (Lipinski definition) is 1. The molecule has 0 saturated carbocycles. The van der Waals surface area contributed by atoms with E-state index >= 15 is 0 Å². The van der Waals surface area contributed by atoms with Crippen molar-refractivity contribution < 1.29 is 17.9 Å². The molecule has 0 aliphatic carbocycles. The first kappa shape index (κ1) is 19.0. The Bertz CT molecular complexity index is 1160. The van der Waals surface area contributed by atoms with Crippen LogP contribution in [0.2, 0.25) is 5.02 Å². The fourth-order valence-corrected chi connectivity index (χ4v) is 5.36. The van der Waals surface area contributed by atoms with E-state index < -0.39 is 10.0 Å². The number of nitrogens with one attached hydrogen (secondary N) is 1. The van der Waals surface area contributed by atoms with Crippen LogP contribution in [-0.4, -0.2) is 44.2 Å². The largest absolute Gasteiger partial charge is 0.496 e. The fourth-order valence-electron chi connectivity index (χ4n) is 3.64. The Balaban J connectivity index is 1.90. The number of fused-ring (bicyclic) bond motifs is 1. The number of methoxy groups -OCH3 is 1. The molecule has 1 N–H and O–H groups in total. The summed E-state index contributed by atoms with van der Waals surface area (Å²) in [6.07, 6.45) is 2.45. The number of sulfonamides is 1. The SMILES string of the molecule is COc1ccc(Cl)cc1-c1[nH]c2ccc(S(=O)(=O)N3CCCC3)cc2c1C=O. The van der Waals surface area contributed by atoms with Gasteiger partial charge in [-0.25, -0.2) is 8.42 Å². The van der Waals surface area contributed by atoms with Crippen molar-refractivity contribution in [3.05, 3.63) is 47.0 Å². The molecule has 1 fully saturated rings. The van der Waals surface area contributed by atoms with Crippen LogP contribution in [0.4, 0.5) is 0 Å². The molecule has 0 bridgehead atoms. The Morgan fingerprint density at radius 2 is 1.89 bits per heavy atom.